The highest BCUT2D eigenvalue weighted by molar-refractivity contribution is 5.59. The topological polar surface area (TPSA) is 49.0 Å². The van der Waals surface area contributed by atoms with Crippen LogP contribution in [-0.4, -0.2) is 21.0 Å². The number of fused-ring (bicyclic) bond motifs is 1. The number of hydrogen-bond acceptors (Lipinski definition) is 5. The second-order valence-electron chi connectivity index (χ2n) is 4.61. The minimum Gasteiger partial charge on any atom is -0.497 e. The molecule has 0 saturated heterocycles. The maximum Gasteiger partial charge on any atom is 0.231 e. The first-order chi connectivity index (χ1) is 10.3. The van der Waals surface area contributed by atoms with Crippen LogP contribution in [0, 0.1) is 0 Å². The van der Waals surface area contributed by atoms with E-state index in [0.717, 1.165) is 34.2 Å². The van der Waals surface area contributed by atoms with Gasteiger partial charge in [0.05, 0.1) is 19.9 Å². The van der Waals surface area contributed by atoms with E-state index in [2.05, 4.69) is 5.32 Å². The summed E-state index contributed by atoms with van der Waals surface area (Å²) in [5.41, 5.74) is 2.02. The lowest BCUT2D eigenvalue weighted by atomic mass is 10.2. The number of anilines is 1. The van der Waals surface area contributed by atoms with E-state index in [4.69, 9.17) is 18.9 Å². The highest BCUT2D eigenvalue weighted by Crippen LogP contribution is 2.33. The van der Waals surface area contributed by atoms with Crippen LogP contribution in [0.5, 0.6) is 23.0 Å². The van der Waals surface area contributed by atoms with Gasteiger partial charge in [-0.1, -0.05) is 6.07 Å². The third kappa shape index (κ3) is 2.81. The molecule has 2 aromatic rings. The van der Waals surface area contributed by atoms with Gasteiger partial charge in [-0.15, -0.1) is 0 Å². The molecular weight excluding hydrogens is 270 g/mol. The first kappa shape index (κ1) is 13.4. The zero-order valence-electron chi connectivity index (χ0n) is 12.0. The number of methoxy groups -OCH3 is 2. The lowest BCUT2D eigenvalue weighted by molar-refractivity contribution is 0.174. The monoisotopic (exact) mass is 287 g/mol. The van der Waals surface area contributed by atoms with Crippen LogP contribution < -0.4 is 24.3 Å². The molecule has 0 unspecified atom stereocenters. The Morgan fingerprint density at radius 3 is 2.67 bits per heavy atom. The van der Waals surface area contributed by atoms with Crippen molar-refractivity contribution in [3.05, 3.63) is 42.0 Å². The molecule has 0 radical (unpaired) electrons. The lowest BCUT2D eigenvalue weighted by Crippen LogP contribution is -2.01. The van der Waals surface area contributed by atoms with Crippen molar-refractivity contribution in [1.82, 2.24) is 0 Å². The fourth-order valence-electron chi connectivity index (χ4n) is 2.19. The Balaban J connectivity index is 1.72. The molecule has 110 valence electrons. The standard InChI is InChI=1S/C16H17NO4/c1-18-12-4-5-13(15(8-12)19-2)17-9-11-3-6-14-16(7-11)21-10-20-14/h3-8,17H,9-10H2,1-2H3. The van der Waals surface area contributed by atoms with Gasteiger partial charge in [0.1, 0.15) is 11.5 Å². The van der Waals surface area contributed by atoms with Crippen LogP contribution in [0.1, 0.15) is 5.56 Å². The third-order valence-electron chi connectivity index (χ3n) is 3.33. The first-order valence-corrected chi connectivity index (χ1v) is 6.64. The van der Waals surface area contributed by atoms with Gasteiger partial charge < -0.3 is 24.3 Å². The fraction of sp³-hybridized carbons (Fsp3) is 0.250. The molecule has 5 heteroatoms. The summed E-state index contributed by atoms with van der Waals surface area (Å²) >= 11 is 0. The van der Waals surface area contributed by atoms with E-state index in [1.54, 1.807) is 14.2 Å². The van der Waals surface area contributed by atoms with Crippen molar-refractivity contribution in [2.24, 2.45) is 0 Å². The van der Waals surface area contributed by atoms with Crippen molar-refractivity contribution in [1.29, 1.82) is 0 Å². The number of hydrogen-bond donors (Lipinski definition) is 1. The van der Waals surface area contributed by atoms with Gasteiger partial charge >= 0.3 is 0 Å². The maximum absolute atomic E-state index is 5.38. The van der Waals surface area contributed by atoms with Crippen LogP contribution >= 0.6 is 0 Å². The van der Waals surface area contributed by atoms with Crippen molar-refractivity contribution in [2.45, 2.75) is 6.54 Å². The molecule has 0 aromatic heterocycles. The predicted octanol–water partition coefficient (Wildman–Crippen LogP) is 3.04. The van der Waals surface area contributed by atoms with Crippen molar-refractivity contribution >= 4 is 5.69 Å². The van der Waals surface area contributed by atoms with Crippen molar-refractivity contribution in [3.8, 4) is 23.0 Å². The van der Waals surface area contributed by atoms with Gasteiger partial charge in [0, 0.05) is 12.6 Å². The molecule has 0 saturated carbocycles. The molecule has 0 fully saturated rings. The van der Waals surface area contributed by atoms with E-state index in [9.17, 15) is 0 Å². The Kier molecular flexibility index (Phi) is 3.73. The molecule has 0 amide bonds. The van der Waals surface area contributed by atoms with Crippen LogP contribution in [0.2, 0.25) is 0 Å². The molecule has 0 atom stereocenters. The van der Waals surface area contributed by atoms with Crippen LogP contribution in [0.3, 0.4) is 0 Å². The summed E-state index contributed by atoms with van der Waals surface area (Å²) in [5.74, 6) is 3.09. The summed E-state index contributed by atoms with van der Waals surface area (Å²) < 4.78 is 21.2. The Bertz CT molecular complexity index is 642. The fourth-order valence-corrected chi connectivity index (χ4v) is 2.19. The second kappa shape index (κ2) is 5.83. The van der Waals surface area contributed by atoms with E-state index in [1.165, 1.54) is 0 Å². The molecule has 1 aliphatic heterocycles. The number of nitrogens with one attached hydrogen (secondary N) is 1. The van der Waals surface area contributed by atoms with Gasteiger partial charge in [0.2, 0.25) is 6.79 Å². The molecule has 5 nitrogen and oxygen atoms in total. The van der Waals surface area contributed by atoms with Crippen LogP contribution in [0.25, 0.3) is 0 Å². The molecule has 21 heavy (non-hydrogen) atoms. The number of rotatable bonds is 5. The minimum absolute atomic E-state index is 0.290. The van der Waals surface area contributed by atoms with Crippen LogP contribution in [0.4, 0.5) is 5.69 Å². The smallest absolute Gasteiger partial charge is 0.231 e. The highest BCUT2D eigenvalue weighted by atomic mass is 16.7. The predicted molar refractivity (Wildman–Crippen MR) is 79.4 cm³/mol. The van der Waals surface area contributed by atoms with Gasteiger partial charge in [0.15, 0.2) is 11.5 Å². The van der Waals surface area contributed by atoms with E-state index < -0.39 is 0 Å². The Hall–Kier alpha value is -2.56. The van der Waals surface area contributed by atoms with Gasteiger partial charge in [-0.3, -0.25) is 0 Å². The van der Waals surface area contributed by atoms with E-state index in [0.29, 0.717) is 13.3 Å². The average molecular weight is 287 g/mol. The minimum atomic E-state index is 0.290. The molecule has 0 aliphatic carbocycles. The summed E-state index contributed by atoms with van der Waals surface area (Å²) in [6.45, 7) is 0.956. The van der Waals surface area contributed by atoms with Gasteiger partial charge in [0.25, 0.3) is 0 Å². The van der Waals surface area contributed by atoms with E-state index >= 15 is 0 Å². The van der Waals surface area contributed by atoms with Crippen LogP contribution in [0.15, 0.2) is 36.4 Å². The second-order valence-corrected chi connectivity index (χ2v) is 4.61. The molecule has 0 spiro atoms. The van der Waals surface area contributed by atoms with E-state index in [1.807, 2.05) is 36.4 Å². The zero-order chi connectivity index (χ0) is 14.7. The van der Waals surface area contributed by atoms with Crippen molar-refractivity contribution in [2.75, 3.05) is 26.3 Å². The van der Waals surface area contributed by atoms with Gasteiger partial charge in [-0.25, -0.2) is 0 Å². The van der Waals surface area contributed by atoms with Gasteiger partial charge in [-0.2, -0.15) is 0 Å². The molecule has 1 N–H and O–H groups in total. The summed E-state index contributed by atoms with van der Waals surface area (Å²) in [4.78, 5) is 0. The largest absolute Gasteiger partial charge is 0.497 e. The Morgan fingerprint density at radius 2 is 1.86 bits per heavy atom. The summed E-state index contributed by atoms with van der Waals surface area (Å²) in [6, 6.07) is 11.6. The molecular formula is C16H17NO4. The zero-order valence-corrected chi connectivity index (χ0v) is 12.0. The van der Waals surface area contributed by atoms with Crippen molar-refractivity contribution < 1.29 is 18.9 Å². The molecule has 3 rings (SSSR count). The lowest BCUT2D eigenvalue weighted by Gasteiger charge is -2.12. The normalized spacial score (nSPS) is 12.1. The Labute approximate surface area is 123 Å². The highest BCUT2D eigenvalue weighted by Gasteiger charge is 2.13. The number of benzene rings is 2. The van der Waals surface area contributed by atoms with Crippen molar-refractivity contribution in [3.63, 3.8) is 0 Å². The summed E-state index contributed by atoms with van der Waals surface area (Å²) in [7, 11) is 3.27. The number of ether oxygens (including phenoxy) is 4. The average Bonchev–Trinajstić information content (AvgIpc) is 3.00. The summed E-state index contributed by atoms with van der Waals surface area (Å²) in [5, 5.41) is 3.35. The molecule has 1 heterocycles. The molecule has 2 aromatic carbocycles. The first-order valence-electron chi connectivity index (χ1n) is 6.64. The molecule has 0 bridgehead atoms. The van der Waals surface area contributed by atoms with E-state index in [-0.39, 0.29) is 0 Å². The molecule has 1 aliphatic rings. The summed E-state index contributed by atoms with van der Waals surface area (Å²) in [6.07, 6.45) is 0. The maximum atomic E-state index is 5.38. The quantitative estimate of drug-likeness (QED) is 0.916. The van der Waals surface area contributed by atoms with Crippen LogP contribution in [-0.2, 0) is 6.54 Å². The Morgan fingerprint density at radius 1 is 1.00 bits per heavy atom. The van der Waals surface area contributed by atoms with Gasteiger partial charge in [-0.05, 0) is 29.8 Å². The SMILES string of the molecule is COc1ccc(NCc2ccc3c(c2)OCO3)c(OC)c1. The third-order valence-corrected chi connectivity index (χ3v) is 3.33.